The van der Waals surface area contributed by atoms with Gasteiger partial charge in [-0.1, -0.05) is 27.7 Å². The van der Waals surface area contributed by atoms with Crippen LogP contribution in [0, 0.1) is 17.3 Å². The van der Waals surface area contributed by atoms with Crippen LogP contribution in [0.3, 0.4) is 0 Å². The predicted molar refractivity (Wildman–Crippen MR) is 63.6 cm³/mol. The molecule has 1 aliphatic heterocycles. The summed E-state index contributed by atoms with van der Waals surface area (Å²) < 4.78 is 0. The molecule has 0 unspecified atom stereocenters. The molecule has 1 heterocycles. The van der Waals surface area contributed by atoms with Crippen molar-refractivity contribution in [1.29, 1.82) is 0 Å². The van der Waals surface area contributed by atoms with Crippen molar-refractivity contribution in [2.24, 2.45) is 17.3 Å². The Morgan fingerprint density at radius 1 is 1.07 bits per heavy atom. The van der Waals surface area contributed by atoms with Crippen molar-refractivity contribution in [2.75, 3.05) is 6.54 Å². The molecule has 0 aliphatic carbocycles. The number of carbonyl (C=O) groups excluding carboxylic acids is 1. The highest BCUT2D eigenvalue weighted by Crippen LogP contribution is 2.45. The van der Waals surface area contributed by atoms with E-state index in [1.54, 1.807) is 0 Å². The van der Waals surface area contributed by atoms with Crippen LogP contribution in [0.5, 0.6) is 0 Å². The van der Waals surface area contributed by atoms with Crippen molar-refractivity contribution in [1.82, 2.24) is 4.90 Å². The molecule has 0 bridgehead atoms. The first-order chi connectivity index (χ1) is 6.81. The average Bonchev–Trinajstić information content (AvgIpc) is 2.44. The van der Waals surface area contributed by atoms with Gasteiger partial charge in [-0.05, 0) is 25.7 Å². The molecule has 1 saturated heterocycles. The van der Waals surface area contributed by atoms with E-state index >= 15 is 0 Å². The molecule has 1 fully saturated rings. The summed E-state index contributed by atoms with van der Waals surface area (Å²) in [4.78, 5) is 14.0. The predicted octanol–water partition coefficient (Wildman–Crippen LogP) is 2.93. The van der Waals surface area contributed by atoms with E-state index in [1.807, 2.05) is 4.90 Å². The molecule has 0 aromatic carbocycles. The molecule has 88 valence electrons. The van der Waals surface area contributed by atoms with E-state index in [4.69, 9.17) is 0 Å². The highest BCUT2D eigenvalue weighted by atomic mass is 16.2. The molecule has 0 saturated carbocycles. The molecule has 0 radical (unpaired) electrons. The maximum Gasteiger partial charge on any atom is 0.223 e. The van der Waals surface area contributed by atoms with Crippen LogP contribution >= 0.6 is 0 Å². The maximum absolute atomic E-state index is 12.0. The Kier molecular flexibility index (Phi) is 3.47. The average molecular weight is 211 g/mol. The lowest BCUT2D eigenvalue weighted by Crippen LogP contribution is -2.38. The molecule has 15 heavy (non-hydrogen) atoms. The Bertz CT molecular complexity index is 235. The number of hydrogen-bond acceptors (Lipinski definition) is 1. The summed E-state index contributed by atoms with van der Waals surface area (Å²) in [7, 11) is 0. The van der Waals surface area contributed by atoms with Gasteiger partial charge in [-0.3, -0.25) is 4.79 Å². The van der Waals surface area contributed by atoms with Gasteiger partial charge in [0.25, 0.3) is 0 Å². The lowest BCUT2D eigenvalue weighted by Gasteiger charge is -2.37. The van der Waals surface area contributed by atoms with Crippen molar-refractivity contribution >= 4 is 5.91 Å². The van der Waals surface area contributed by atoms with Crippen LogP contribution in [0.1, 0.15) is 48.0 Å². The van der Waals surface area contributed by atoms with Gasteiger partial charge in [0, 0.05) is 24.4 Å². The molecule has 2 nitrogen and oxygen atoms in total. The number of likely N-dealkylation sites (tertiary alicyclic amines) is 1. The second-order valence-corrected chi connectivity index (χ2v) is 5.83. The smallest absolute Gasteiger partial charge is 0.223 e. The van der Waals surface area contributed by atoms with Gasteiger partial charge in [0.05, 0.1) is 0 Å². The van der Waals surface area contributed by atoms with E-state index in [2.05, 4.69) is 41.5 Å². The zero-order valence-electron chi connectivity index (χ0n) is 11.0. The number of hydrogen-bond donors (Lipinski definition) is 0. The topological polar surface area (TPSA) is 20.3 Å². The first kappa shape index (κ1) is 12.5. The van der Waals surface area contributed by atoms with Crippen LogP contribution in [0.15, 0.2) is 0 Å². The zero-order valence-corrected chi connectivity index (χ0v) is 11.0. The highest BCUT2D eigenvalue weighted by molar-refractivity contribution is 5.79. The first-order valence-corrected chi connectivity index (χ1v) is 6.10. The number of nitrogens with zero attached hydrogens (tertiary/aromatic N) is 1. The minimum Gasteiger partial charge on any atom is -0.340 e. The van der Waals surface area contributed by atoms with Crippen LogP contribution in [0.25, 0.3) is 0 Å². The van der Waals surface area contributed by atoms with Gasteiger partial charge in [-0.2, -0.15) is 0 Å². The first-order valence-electron chi connectivity index (χ1n) is 6.10. The fourth-order valence-corrected chi connectivity index (χ4v) is 2.75. The molecule has 2 heteroatoms. The van der Waals surface area contributed by atoms with Gasteiger partial charge in [0.2, 0.25) is 5.91 Å². The summed E-state index contributed by atoms with van der Waals surface area (Å²) in [6.45, 7) is 14.1. The normalized spacial score (nSPS) is 21.1. The second-order valence-electron chi connectivity index (χ2n) is 5.83. The molecule has 0 aromatic heterocycles. The van der Waals surface area contributed by atoms with Crippen LogP contribution in [-0.2, 0) is 4.79 Å². The molecule has 0 spiro atoms. The van der Waals surface area contributed by atoms with E-state index < -0.39 is 0 Å². The van der Waals surface area contributed by atoms with Crippen molar-refractivity contribution in [2.45, 2.75) is 54.0 Å². The summed E-state index contributed by atoms with van der Waals surface area (Å²) >= 11 is 0. The Balaban J connectivity index is 2.93. The van der Waals surface area contributed by atoms with Gasteiger partial charge in [-0.25, -0.2) is 0 Å². The van der Waals surface area contributed by atoms with Crippen molar-refractivity contribution < 1.29 is 4.79 Å². The van der Waals surface area contributed by atoms with Gasteiger partial charge in [0.15, 0.2) is 0 Å². The summed E-state index contributed by atoms with van der Waals surface area (Å²) in [5.41, 5.74) is 0.196. The SMILES string of the molecule is CC(C)N1CC(C(C)C)(C(C)C)CC1=O. The molecule has 1 rings (SSSR count). The second kappa shape index (κ2) is 4.15. The molecule has 0 aromatic rings. The van der Waals surface area contributed by atoms with Crippen LogP contribution in [0.2, 0.25) is 0 Å². The van der Waals surface area contributed by atoms with Gasteiger partial charge >= 0.3 is 0 Å². The number of amides is 1. The Morgan fingerprint density at radius 2 is 1.53 bits per heavy atom. The minimum absolute atomic E-state index is 0.196. The van der Waals surface area contributed by atoms with Crippen LogP contribution < -0.4 is 0 Å². The molecule has 1 aliphatic rings. The molecule has 0 N–H and O–H groups in total. The monoisotopic (exact) mass is 211 g/mol. The van der Waals surface area contributed by atoms with Crippen LogP contribution in [0.4, 0.5) is 0 Å². The molecule has 0 atom stereocenters. The maximum atomic E-state index is 12.0. The zero-order chi connectivity index (χ0) is 11.8. The van der Waals surface area contributed by atoms with Crippen molar-refractivity contribution in [3.8, 4) is 0 Å². The quantitative estimate of drug-likeness (QED) is 0.703. The van der Waals surface area contributed by atoms with E-state index in [-0.39, 0.29) is 5.41 Å². The Morgan fingerprint density at radius 3 is 1.73 bits per heavy atom. The lowest BCUT2D eigenvalue weighted by molar-refractivity contribution is -0.129. The number of carbonyl (C=O) groups is 1. The standard InChI is InChI=1S/C13H25NO/c1-9(2)13(10(3)4)7-12(15)14(8-13)11(5)6/h9-11H,7-8H2,1-6H3. The lowest BCUT2D eigenvalue weighted by atomic mass is 9.68. The third-order valence-electron chi connectivity index (χ3n) is 4.19. The Hall–Kier alpha value is -0.530. The largest absolute Gasteiger partial charge is 0.340 e. The molecular weight excluding hydrogens is 186 g/mol. The fourth-order valence-electron chi connectivity index (χ4n) is 2.75. The van der Waals surface area contributed by atoms with E-state index in [0.717, 1.165) is 13.0 Å². The van der Waals surface area contributed by atoms with Crippen molar-refractivity contribution in [3.05, 3.63) is 0 Å². The van der Waals surface area contributed by atoms with E-state index in [1.165, 1.54) is 0 Å². The third kappa shape index (κ3) is 2.04. The molecule has 1 amide bonds. The Labute approximate surface area is 94.0 Å². The fraction of sp³-hybridized carbons (Fsp3) is 0.923. The van der Waals surface area contributed by atoms with Gasteiger partial charge < -0.3 is 4.90 Å². The summed E-state index contributed by atoms with van der Waals surface area (Å²) in [6, 6.07) is 0.344. The van der Waals surface area contributed by atoms with E-state index in [0.29, 0.717) is 23.8 Å². The molecular formula is C13H25NO. The highest BCUT2D eigenvalue weighted by Gasteiger charge is 2.47. The van der Waals surface area contributed by atoms with Gasteiger partial charge in [0.1, 0.15) is 0 Å². The summed E-state index contributed by atoms with van der Waals surface area (Å²) in [5, 5.41) is 0. The van der Waals surface area contributed by atoms with Gasteiger partial charge in [-0.15, -0.1) is 0 Å². The third-order valence-corrected chi connectivity index (χ3v) is 4.19. The van der Waals surface area contributed by atoms with Crippen molar-refractivity contribution in [3.63, 3.8) is 0 Å². The minimum atomic E-state index is 0.196. The van der Waals surface area contributed by atoms with Crippen LogP contribution in [-0.4, -0.2) is 23.4 Å². The summed E-state index contributed by atoms with van der Waals surface area (Å²) in [5.74, 6) is 1.49. The van der Waals surface area contributed by atoms with E-state index in [9.17, 15) is 4.79 Å². The number of rotatable bonds is 3. The summed E-state index contributed by atoms with van der Waals surface area (Å²) in [6.07, 6.45) is 0.737.